The Morgan fingerprint density at radius 1 is 1.00 bits per heavy atom. The Labute approximate surface area is 79.1 Å². The molecule has 0 spiro atoms. The van der Waals surface area contributed by atoms with Crippen molar-refractivity contribution in [1.82, 2.24) is 0 Å². The minimum absolute atomic E-state index is 0.249. The Balaban J connectivity index is 2.81. The molecule has 1 rings (SSSR count). The molecule has 0 saturated carbocycles. The molecule has 1 N–H and O–H groups in total. The van der Waals surface area contributed by atoms with Crippen LogP contribution >= 0.6 is 0 Å². The zero-order valence-electron chi connectivity index (χ0n) is 8.32. The van der Waals surface area contributed by atoms with Gasteiger partial charge in [0.1, 0.15) is 6.10 Å². The molecule has 1 unspecified atom stereocenters. The first-order valence-electron chi connectivity index (χ1n) is 4.55. The molecule has 0 saturated heterocycles. The molecule has 0 fully saturated rings. The van der Waals surface area contributed by atoms with Gasteiger partial charge in [0.05, 0.1) is 0 Å². The predicted molar refractivity (Wildman–Crippen MR) is 52.7 cm³/mol. The summed E-state index contributed by atoms with van der Waals surface area (Å²) in [5, 5.41) is 8.47. The molecule has 0 bridgehead atoms. The van der Waals surface area contributed by atoms with Crippen molar-refractivity contribution < 1.29 is 10.1 Å². The Hall–Kier alpha value is -0.860. The summed E-state index contributed by atoms with van der Waals surface area (Å²) >= 11 is 0. The van der Waals surface area contributed by atoms with Gasteiger partial charge in [-0.15, -0.1) is 0 Å². The largest absolute Gasteiger partial charge is 0.251 e. The standard InChI is InChI=1S/C11H16O2/c1-8(2)10-4-6-11(7-5-10)9(3)13-12/h4-9,12H,1-3H3. The van der Waals surface area contributed by atoms with E-state index in [0.717, 1.165) is 5.56 Å². The van der Waals surface area contributed by atoms with E-state index in [1.807, 2.05) is 19.1 Å². The third-order valence-electron chi connectivity index (χ3n) is 2.23. The van der Waals surface area contributed by atoms with E-state index in [1.165, 1.54) is 5.56 Å². The van der Waals surface area contributed by atoms with Crippen molar-refractivity contribution >= 4 is 0 Å². The smallest absolute Gasteiger partial charge is 0.115 e. The summed E-state index contributed by atoms with van der Waals surface area (Å²) in [7, 11) is 0. The Kier molecular flexibility index (Phi) is 3.46. The first kappa shape index (κ1) is 10.2. The molecule has 2 nitrogen and oxygen atoms in total. The normalized spacial score (nSPS) is 13.3. The maximum absolute atomic E-state index is 8.47. The van der Waals surface area contributed by atoms with Crippen molar-refractivity contribution in [3.63, 3.8) is 0 Å². The second kappa shape index (κ2) is 4.40. The summed E-state index contributed by atoms with van der Waals surface area (Å²) in [6.45, 7) is 6.12. The van der Waals surface area contributed by atoms with Gasteiger partial charge in [-0.05, 0) is 24.0 Å². The van der Waals surface area contributed by atoms with E-state index >= 15 is 0 Å². The molecular weight excluding hydrogens is 164 g/mol. The lowest BCUT2D eigenvalue weighted by Crippen LogP contribution is -1.96. The van der Waals surface area contributed by atoms with E-state index in [4.69, 9.17) is 5.26 Å². The molecule has 0 amide bonds. The number of hydrogen-bond donors (Lipinski definition) is 1. The van der Waals surface area contributed by atoms with E-state index in [2.05, 4.69) is 30.9 Å². The van der Waals surface area contributed by atoms with Crippen LogP contribution in [0, 0.1) is 0 Å². The second-order valence-corrected chi connectivity index (χ2v) is 3.57. The van der Waals surface area contributed by atoms with Gasteiger partial charge < -0.3 is 0 Å². The van der Waals surface area contributed by atoms with Crippen LogP contribution in [0.2, 0.25) is 0 Å². The fourth-order valence-electron chi connectivity index (χ4n) is 1.21. The summed E-state index contributed by atoms with van der Waals surface area (Å²) in [5.74, 6) is 0.541. The Morgan fingerprint density at radius 2 is 1.46 bits per heavy atom. The molecule has 72 valence electrons. The summed E-state index contributed by atoms with van der Waals surface area (Å²) < 4.78 is 0. The molecule has 1 aromatic carbocycles. The highest BCUT2D eigenvalue weighted by Crippen LogP contribution is 2.19. The SMILES string of the molecule is CC(C)c1ccc(C(C)OO)cc1. The fourth-order valence-corrected chi connectivity index (χ4v) is 1.21. The lowest BCUT2D eigenvalue weighted by Gasteiger charge is -2.10. The molecule has 2 heteroatoms. The minimum Gasteiger partial charge on any atom is -0.251 e. The van der Waals surface area contributed by atoms with Crippen LogP contribution in [-0.4, -0.2) is 5.26 Å². The van der Waals surface area contributed by atoms with Crippen LogP contribution in [0.3, 0.4) is 0 Å². The third kappa shape index (κ3) is 2.54. The topological polar surface area (TPSA) is 29.5 Å². The quantitative estimate of drug-likeness (QED) is 0.571. The molecule has 0 aliphatic rings. The predicted octanol–water partition coefficient (Wildman–Crippen LogP) is 3.36. The molecule has 1 atom stereocenters. The number of benzene rings is 1. The van der Waals surface area contributed by atoms with Gasteiger partial charge in [-0.3, -0.25) is 5.26 Å². The van der Waals surface area contributed by atoms with Gasteiger partial charge in [-0.25, -0.2) is 4.89 Å². The maximum atomic E-state index is 8.47. The average Bonchev–Trinajstić information content (AvgIpc) is 2.17. The second-order valence-electron chi connectivity index (χ2n) is 3.57. The molecule has 0 heterocycles. The van der Waals surface area contributed by atoms with E-state index in [-0.39, 0.29) is 6.10 Å². The minimum atomic E-state index is -0.249. The van der Waals surface area contributed by atoms with E-state index in [0.29, 0.717) is 5.92 Å². The van der Waals surface area contributed by atoms with Crippen LogP contribution in [0.5, 0.6) is 0 Å². The molecule has 0 aliphatic heterocycles. The highest BCUT2D eigenvalue weighted by Gasteiger charge is 2.05. The zero-order chi connectivity index (χ0) is 9.84. The van der Waals surface area contributed by atoms with Gasteiger partial charge in [0.25, 0.3) is 0 Å². The van der Waals surface area contributed by atoms with Crippen molar-refractivity contribution in [1.29, 1.82) is 0 Å². The van der Waals surface area contributed by atoms with Crippen LogP contribution in [0.4, 0.5) is 0 Å². The van der Waals surface area contributed by atoms with Gasteiger partial charge in [0, 0.05) is 0 Å². The summed E-state index contributed by atoms with van der Waals surface area (Å²) in [6.07, 6.45) is -0.249. The first-order valence-corrected chi connectivity index (χ1v) is 4.55. The fraction of sp³-hybridized carbons (Fsp3) is 0.455. The van der Waals surface area contributed by atoms with Crippen molar-refractivity contribution in [2.75, 3.05) is 0 Å². The third-order valence-corrected chi connectivity index (χ3v) is 2.23. The van der Waals surface area contributed by atoms with Gasteiger partial charge in [-0.1, -0.05) is 38.1 Å². The molecule has 1 aromatic rings. The first-order chi connectivity index (χ1) is 6.15. The average molecular weight is 180 g/mol. The number of rotatable bonds is 3. The highest BCUT2D eigenvalue weighted by molar-refractivity contribution is 5.25. The molecule has 0 aromatic heterocycles. The molecule has 0 radical (unpaired) electrons. The van der Waals surface area contributed by atoms with Crippen LogP contribution in [0.25, 0.3) is 0 Å². The molecule has 0 aliphatic carbocycles. The highest BCUT2D eigenvalue weighted by atomic mass is 17.1. The molecule has 13 heavy (non-hydrogen) atoms. The van der Waals surface area contributed by atoms with Gasteiger partial charge in [0.15, 0.2) is 0 Å². The zero-order valence-corrected chi connectivity index (χ0v) is 8.32. The van der Waals surface area contributed by atoms with Crippen LogP contribution in [0.15, 0.2) is 24.3 Å². The monoisotopic (exact) mass is 180 g/mol. The summed E-state index contributed by atoms with van der Waals surface area (Å²) in [4.78, 5) is 4.24. The Bertz CT molecular complexity index is 251. The van der Waals surface area contributed by atoms with E-state index in [1.54, 1.807) is 0 Å². The van der Waals surface area contributed by atoms with Crippen LogP contribution < -0.4 is 0 Å². The van der Waals surface area contributed by atoms with Crippen molar-refractivity contribution in [3.8, 4) is 0 Å². The van der Waals surface area contributed by atoms with E-state index < -0.39 is 0 Å². The van der Waals surface area contributed by atoms with Crippen LogP contribution in [0.1, 0.15) is 43.9 Å². The summed E-state index contributed by atoms with van der Waals surface area (Å²) in [6, 6.07) is 8.09. The number of hydrogen-bond acceptors (Lipinski definition) is 2. The van der Waals surface area contributed by atoms with Crippen LogP contribution in [-0.2, 0) is 4.89 Å². The summed E-state index contributed by atoms with van der Waals surface area (Å²) in [5.41, 5.74) is 2.29. The Morgan fingerprint density at radius 3 is 1.85 bits per heavy atom. The molecular formula is C11H16O2. The van der Waals surface area contributed by atoms with Gasteiger partial charge in [-0.2, -0.15) is 0 Å². The maximum Gasteiger partial charge on any atom is 0.115 e. The lowest BCUT2D eigenvalue weighted by atomic mass is 10.0. The van der Waals surface area contributed by atoms with E-state index in [9.17, 15) is 0 Å². The van der Waals surface area contributed by atoms with Gasteiger partial charge >= 0.3 is 0 Å². The van der Waals surface area contributed by atoms with Gasteiger partial charge in [0.2, 0.25) is 0 Å². The van der Waals surface area contributed by atoms with Crippen molar-refractivity contribution in [2.45, 2.75) is 32.8 Å². The van der Waals surface area contributed by atoms with Crippen molar-refractivity contribution in [3.05, 3.63) is 35.4 Å². The lowest BCUT2D eigenvalue weighted by molar-refractivity contribution is -0.277. The van der Waals surface area contributed by atoms with Crippen molar-refractivity contribution in [2.24, 2.45) is 0 Å².